The van der Waals surface area contributed by atoms with E-state index in [2.05, 4.69) is 11.4 Å². The highest BCUT2D eigenvalue weighted by molar-refractivity contribution is 7.17. The van der Waals surface area contributed by atoms with E-state index in [4.69, 9.17) is 23.7 Å². The number of rotatable bonds is 5. The molecule has 1 saturated heterocycles. The maximum atomic E-state index is 13.1. The number of nitrogens with one attached hydrogen (secondary N) is 1. The SMILES string of the molecule is O=C(NCC1(c2ccc3c(c2)OCO3)CCOCC1)c1ccc(-c2ccc3c(c2)OCCO3)s1. The van der Waals surface area contributed by atoms with Gasteiger partial charge in [0, 0.05) is 30.1 Å². The maximum absolute atomic E-state index is 13.1. The first kappa shape index (κ1) is 21.3. The van der Waals surface area contributed by atoms with Gasteiger partial charge in [-0.05, 0) is 66.4 Å². The van der Waals surface area contributed by atoms with E-state index < -0.39 is 0 Å². The minimum absolute atomic E-state index is 0.0691. The van der Waals surface area contributed by atoms with E-state index in [1.54, 1.807) is 0 Å². The normalized spacial score (nSPS) is 17.9. The second-order valence-electron chi connectivity index (χ2n) is 8.67. The molecule has 6 rings (SSSR count). The molecule has 176 valence electrons. The topological polar surface area (TPSA) is 75.3 Å². The molecule has 8 heteroatoms. The van der Waals surface area contributed by atoms with Gasteiger partial charge in [-0.3, -0.25) is 4.79 Å². The summed E-state index contributed by atoms with van der Waals surface area (Å²) >= 11 is 1.47. The van der Waals surface area contributed by atoms with Gasteiger partial charge < -0.3 is 29.0 Å². The third kappa shape index (κ3) is 3.97. The third-order valence-electron chi connectivity index (χ3n) is 6.68. The van der Waals surface area contributed by atoms with Crippen LogP contribution in [0.25, 0.3) is 10.4 Å². The average molecular weight is 480 g/mol. The summed E-state index contributed by atoms with van der Waals surface area (Å²) in [4.78, 5) is 14.8. The number of carbonyl (C=O) groups excluding carboxylic acids is 1. The van der Waals surface area contributed by atoms with Gasteiger partial charge >= 0.3 is 0 Å². The number of hydrogen-bond donors (Lipinski definition) is 1. The van der Waals surface area contributed by atoms with Gasteiger partial charge in [-0.15, -0.1) is 11.3 Å². The molecule has 1 N–H and O–H groups in total. The number of fused-ring (bicyclic) bond motifs is 2. The molecule has 0 spiro atoms. The lowest BCUT2D eigenvalue weighted by Gasteiger charge is -2.38. The summed E-state index contributed by atoms with van der Waals surface area (Å²) < 4.78 is 28.0. The Labute approximate surface area is 201 Å². The Hall–Kier alpha value is -3.23. The molecule has 0 bridgehead atoms. The molecule has 2 aromatic carbocycles. The number of thiophene rings is 1. The fourth-order valence-corrected chi connectivity index (χ4v) is 5.62. The molecular weight excluding hydrogens is 454 g/mol. The molecule has 34 heavy (non-hydrogen) atoms. The van der Waals surface area contributed by atoms with Gasteiger partial charge in [0.1, 0.15) is 13.2 Å². The van der Waals surface area contributed by atoms with Crippen molar-refractivity contribution in [1.29, 1.82) is 0 Å². The van der Waals surface area contributed by atoms with E-state index >= 15 is 0 Å². The second kappa shape index (κ2) is 8.85. The Morgan fingerprint density at radius 3 is 2.44 bits per heavy atom. The Kier molecular flexibility index (Phi) is 5.55. The Balaban J connectivity index is 1.19. The van der Waals surface area contributed by atoms with Crippen molar-refractivity contribution in [2.45, 2.75) is 18.3 Å². The van der Waals surface area contributed by atoms with Gasteiger partial charge in [-0.2, -0.15) is 0 Å². The Morgan fingerprint density at radius 1 is 0.824 bits per heavy atom. The molecule has 1 aromatic heterocycles. The molecule has 3 aliphatic rings. The highest BCUT2D eigenvalue weighted by Crippen LogP contribution is 2.41. The lowest BCUT2D eigenvalue weighted by atomic mass is 9.74. The van der Waals surface area contributed by atoms with E-state index in [-0.39, 0.29) is 18.1 Å². The van der Waals surface area contributed by atoms with Crippen LogP contribution in [0, 0.1) is 0 Å². The zero-order chi connectivity index (χ0) is 23.0. The van der Waals surface area contributed by atoms with E-state index in [1.807, 2.05) is 42.5 Å². The first-order chi connectivity index (χ1) is 16.7. The van der Waals surface area contributed by atoms with Gasteiger partial charge in [0.15, 0.2) is 23.0 Å². The largest absolute Gasteiger partial charge is 0.486 e. The molecule has 0 radical (unpaired) electrons. The van der Waals surface area contributed by atoms with Crippen LogP contribution in [0.15, 0.2) is 48.5 Å². The number of hydrogen-bond acceptors (Lipinski definition) is 7. The molecule has 3 aliphatic heterocycles. The lowest BCUT2D eigenvalue weighted by Crippen LogP contribution is -2.44. The highest BCUT2D eigenvalue weighted by Gasteiger charge is 2.36. The summed E-state index contributed by atoms with van der Waals surface area (Å²) in [5.41, 5.74) is 1.95. The lowest BCUT2D eigenvalue weighted by molar-refractivity contribution is 0.0487. The van der Waals surface area contributed by atoms with Crippen LogP contribution in [0.1, 0.15) is 28.1 Å². The summed E-state index contributed by atoms with van der Waals surface area (Å²) in [6.07, 6.45) is 1.67. The van der Waals surface area contributed by atoms with E-state index in [0.29, 0.717) is 37.8 Å². The molecule has 1 fully saturated rings. The van der Waals surface area contributed by atoms with Gasteiger partial charge in [0.2, 0.25) is 6.79 Å². The van der Waals surface area contributed by atoms with Crippen LogP contribution in [-0.2, 0) is 10.2 Å². The van der Waals surface area contributed by atoms with Crippen LogP contribution in [0.3, 0.4) is 0 Å². The fraction of sp³-hybridized carbons (Fsp3) is 0.346. The first-order valence-electron chi connectivity index (χ1n) is 11.5. The number of amides is 1. The summed E-state index contributed by atoms with van der Waals surface area (Å²) in [5, 5.41) is 3.19. The molecule has 0 saturated carbocycles. The van der Waals surface area contributed by atoms with Gasteiger partial charge in [0.05, 0.1) is 4.88 Å². The van der Waals surface area contributed by atoms with E-state index in [1.165, 1.54) is 11.3 Å². The minimum atomic E-state index is -0.204. The third-order valence-corrected chi connectivity index (χ3v) is 7.81. The second-order valence-corrected chi connectivity index (χ2v) is 9.75. The zero-order valence-electron chi connectivity index (χ0n) is 18.6. The van der Waals surface area contributed by atoms with Crippen LogP contribution >= 0.6 is 11.3 Å². The maximum Gasteiger partial charge on any atom is 0.261 e. The highest BCUT2D eigenvalue weighted by atomic mass is 32.1. The van der Waals surface area contributed by atoms with Crippen LogP contribution in [0.4, 0.5) is 0 Å². The Morgan fingerprint density at radius 2 is 1.56 bits per heavy atom. The fourth-order valence-electron chi connectivity index (χ4n) is 4.70. The molecular formula is C26H25NO6S. The predicted molar refractivity (Wildman–Crippen MR) is 127 cm³/mol. The van der Waals surface area contributed by atoms with Gasteiger partial charge in [-0.1, -0.05) is 6.07 Å². The van der Waals surface area contributed by atoms with Crippen molar-refractivity contribution in [3.8, 4) is 33.4 Å². The van der Waals surface area contributed by atoms with Crippen LogP contribution in [0.2, 0.25) is 0 Å². The van der Waals surface area contributed by atoms with Gasteiger partial charge in [0.25, 0.3) is 5.91 Å². The summed E-state index contributed by atoms with van der Waals surface area (Å²) in [6, 6.07) is 15.8. The van der Waals surface area contributed by atoms with Crippen LogP contribution in [-0.4, -0.2) is 45.7 Å². The minimum Gasteiger partial charge on any atom is -0.486 e. The average Bonchev–Trinajstić information content (AvgIpc) is 3.57. The van der Waals surface area contributed by atoms with Crippen molar-refractivity contribution in [2.75, 3.05) is 39.8 Å². The molecule has 0 atom stereocenters. The van der Waals surface area contributed by atoms with Crippen molar-refractivity contribution in [1.82, 2.24) is 5.32 Å². The number of ether oxygens (including phenoxy) is 5. The summed E-state index contributed by atoms with van der Waals surface area (Å²) in [7, 11) is 0. The molecule has 1 amide bonds. The van der Waals surface area contributed by atoms with Crippen molar-refractivity contribution < 1.29 is 28.5 Å². The van der Waals surface area contributed by atoms with Crippen molar-refractivity contribution in [2.24, 2.45) is 0 Å². The summed E-state index contributed by atoms with van der Waals surface area (Å²) in [6.45, 7) is 3.22. The van der Waals surface area contributed by atoms with E-state index in [0.717, 1.165) is 51.8 Å². The zero-order valence-corrected chi connectivity index (χ0v) is 19.4. The smallest absolute Gasteiger partial charge is 0.261 e. The monoisotopic (exact) mass is 479 g/mol. The molecule has 3 aromatic rings. The molecule has 7 nitrogen and oxygen atoms in total. The Bertz CT molecular complexity index is 1220. The number of benzene rings is 2. The van der Waals surface area contributed by atoms with Crippen molar-refractivity contribution in [3.05, 3.63) is 59.0 Å². The van der Waals surface area contributed by atoms with Crippen LogP contribution in [0.5, 0.6) is 23.0 Å². The van der Waals surface area contributed by atoms with Crippen molar-refractivity contribution in [3.63, 3.8) is 0 Å². The summed E-state index contributed by atoms with van der Waals surface area (Å²) in [5.74, 6) is 2.96. The molecule has 4 heterocycles. The predicted octanol–water partition coefficient (Wildman–Crippen LogP) is 4.39. The van der Waals surface area contributed by atoms with Crippen LogP contribution < -0.4 is 24.3 Å². The molecule has 0 unspecified atom stereocenters. The number of carbonyl (C=O) groups is 1. The first-order valence-corrected chi connectivity index (χ1v) is 12.3. The van der Waals surface area contributed by atoms with Crippen molar-refractivity contribution >= 4 is 17.2 Å². The van der Waals surface area contributed by atoms with E-state index in [9.17, 15) is 4.79 Å². The van der Waals surface area contributed by atoms with Gasteiger partial charge in [-0.25, -0.2) is 0 Å². The standard InChI is InChI=1S/C26H25NO6S/c28-25(24-6-5-23(34-24)17-1-3-19-21(13-17)31-12-11-30-19)27-15-26(7-9-29-10-8-26)18-2-4-20-22(14-18)33-16-32-20/h1-6,13-14H,7-12,15-16H2,(H,27,28). The quantitative estimate of drug-likeness (QED) is 0.585. The molecule has 0 aliphatic carbocycles.